The molecule has 192 valence electrons. The summed E-state index contributed by atoms with van der Waals surface area (Å²) in [5, 5.41) is 11.5. The highest BCUT2D eigenvalue weighted by Crippen LogP contribution is 2.43. The number of ketones is 1. The predicted molar refractivity (Wildman–Crippen MR) is 134 cm³/mol. The Bertz CT molecular complexity index is 1390. The maximum Gasteiger partial charge on any atom is 0.573 e. The number of aliphatic hydroxyl groups excluding tert-OH is 1. The molecule has 0 radical (unpaired) electrons. The SMILES string of the molecule is Cc1ccc(C(C)(C)C)cc1/C(O)=C1\C(=O)C(=O)N(c2cccc(OC(F)(F)F)c2)C1c1ccccc1. The lowest BCUT2D eigenvalue weighted by Crippen LogP contribution is -2.29. The Morgan fingerprint density at radius 1 is 0.919 bits per heavy atom. The number of carbonyl (C=O) groups excluding carboxylic acids is 2. The molecule has 0 bridgehead atoms. The van der Waals surface area contributed by atoms with Gasteiger partial charge in [0.25, 0.3) is 11.7 Å². The van der Waals surface area contributed by atoms with E-state index in [1.807, 2.05) is 32.9 Å². The molecular weight excluding hydrogens is 483 g/mol. The Morgan fingerprint density at radius 3 is 2.22 bits per heavy atom. The van der Waals surface area contributed by atoms with Crippen LogP contribution >= 0.6 is 0 Å². The second-order valence-electron chi connectivity index (χ2n) is 9.90. The summed E-state index contributed by atoms with van der Waals surface area (Å²) in [4.78, 5) is 27.8. The summed E-state index contributed by atoms with van der Waals surface area (Å²) >= 11 is 0. The first kappa shape index (κ1) is 26.0. The number of Topliss-reactive ketones (excluding diaryl/α,β-unsaturated/α-hetero) is 1. The van der Waals surface area contributed by atoms with E-state index in [4.69, 9.17) is 0 Å². The minimum Gasteiger partial charge on any atom is -0.507 e. The first-order valence-corrected chi connectivity index (χ1v) is 11.6. The quantitative estimate of drug-likeness (QED) is 0.238. The number of rotatable bonds is 4. The van der Waals surface area contributed by atoms with Crippen molar-refractivity contribution in [3.63, 3.8) is 0 Å². The smallest absolute Gasteiger partial charge is 0.507 e. The van der Waals surface area contributed by atoms with Crippen LogP contribution in [0.1, 0.15) is 49.1 Å². The summed E-state index contributed by atoms with van der Waals surface area (Å²) in [6.07, 6.45) is -4.93. The number of hydrogen-bond donors (Lipinski definition) is 1. The second-order valence-corrected chi connectivity index (χ2v) is 9.90. The second kappa shape index (κ2) is 9.42. The number of alkyl halides is 3. The van der Waals surface area contributed by atoms with Crippen molar-refractivity contribution < 1.29 is 32.6 Å². The van der Waals surface area contributed by atoms with E-state index in [-0.39, 0.29) is 22.4 Å². The molecule has 1 amide bonds. The van der Waals surface area contributed by atoms with Crippen molar-refractivity contribution in [3.8, 4) is 5.75 Å². The topological polar surface area (TPSA) is 66.8 Å². The van der Waals surface area contributed by atoms with Crippen LogP contribution in [0.15, 0.2) is 78.4 Å². The van der Waals surface area contributed by atoms with Crippen LogP contribution in [0.5, 0.6) is 5.75 Å². The Morgan fingerprint density at radius 2 is 1.59 bits per heavy atom. The largest absolute Gasteiger partial charge is 0.573 e. The van der Waals surface area contributed by atoms with E-state index in [9.17, 15) is 27.9 Å². The molecule has 0 spiro atoms. The van der Waals surface area contributed by atoms with Crippen molar-refractivity contribution in [2.24, 2.45) is 0 Å². The van der Waals surface area contributed by atoms with E-state index >= 15 is 0 Å². The van der Waals surface area contributed by atoms with Gasteiger partial charge in [0.1, 0.15) is 11.5 Å². The predicted octanol–water partition coefficient (Wildman–Crippen LogP) is 6.82. The Labute approximate surface area is 212 Å². The van der Waals surface area contributed by atoms with Crippen molar-refractivity contribution in [3.05, 3.63) is 101 Å². The maximum atomic E-state index is 13.4. The number of anilines is 1. The average Bonchev–Trinajstić information content (AvgIpc) is 3.08. The molecule has 1 aliphatic rings. The summed E-state index contributed by atoms with van der Waals surface area (Å²) in [6.45, 7) is 7.83. The highest BCUT2D eigenvalue weighted by Gasteiger charge is 2.47. The summed E-state index contributed by atoms with van der Waals surface area (Å²) in [5.74, 6) is -2.79. The third kappa shape index (κ3) is 5.23. The number of nitrogens with zero attached hydrogens (tertiary/aromatic N) is 1. The first-order valence-electron chi connectivity index (χ1n) is 11.6. The van der Waals surface area contributed by atoms with E-state index in [0.29, 0.717) is 16.7 Å². The van der Waals surface area contributed by atoms with Crippen LogP contribution in [0.2, 0.25) is 0 Å². The zero-order valence-corrected chi connectivity index (χ0v) is 20.8. The van der Waals surface area contributed by atoms with Crippen molar-refractivity contribution in [2.75, 3.05) is 4.90 Å². The summed E-state index contributed by atoms with van der Waals surface area (Å²) < 4.78 is 42.6. The van der Waals surface area contributed by atoms with Crippen molar-refractivity contribution in [2.45, 2.75) is 45.5 Å². The van der Waals surface area contributed by atoms with Crippen LogP contribution in [0, 0.1) is 6.92 Å². The molecule has 3 aromatic carbocycles. The molecule has 0 aliphatic carbocycles. The molecular formula is C29H26F3NO4. The average molecular weight is 510 g/mol. The number of aryl methyl sites for hydroxylation is 1. The van der Waals surface area contributed by atoms with Gasteiger partial charge in [-0.3, -0.25) is 14.5 Å². The Kier molecular flexibility index (Phi) is 6.62. The third-order valence-electron chi connectivity index (χ3n) is 6.25. The van der Waals surface area contributed by atoms with E-state index in [2.05, 4.69) is 4.74 Å². The molecule has 1 aliphatic heterocycles. The van der Waals surface area contributed by atoms with Crippen LogP contribution in [0.25, 0.3) is 5.76 Å². The van der Waals surface area contributed by atoms with Gasteiger partial charge in [0, 0.05) is 17.3 Å². The number of hydrogen-bond acceptors (Lipinski definition) is 4. The molecule has 0 aromatic heterocycles. The number of aliphatic hydroxyl groups is 1. The first-order chi connectivity index (χ1) is 17.3. The Balaban J connectivity index is 1.93. The lowest BCUT2D eigenvalue weighted by Gasteiger charge is -2.26. The van der Waals surface area contributed by atoms with Gasteiger partial charge in [0.2, 0.25) is 0 Å². The van der Waals surface area contributed by atoms with Crippen LogP contribution < -0.4 is 9.64 Å². The molecule has 8 heteroatoms. The molecule has 1 N–H and O–H groups in total. The number of halogens is 3. The van der Waals surface area contributed by atoms with Crippen molar-refractivity contribution in [1.29, 1.82) is 0 Å². The van der Waals surface area contributed by atoms with Gasteiger partial charge in [-0.2, -0.15) is 0 Å². The van der Waals surface area contributed by atoms with Gasteiger partial charge in [-0.1, -0.05) is 69.3 Å². The lowest BCUT2D eigenvalue weighted by atomic mass is 9.84. The Hall–Kier alpha value is -4.07. The van der Waals surface area contributed by atoms with Crippen molar-refractivity contribution in [1.82, 2.24) is 0 Å². The molecule has 1 unspecified atom stereocenters. The van der Waals surface area contributed by atoms with Gasteiger partial charge < -0.3 is 9.84 Å². The highest BCUT2D eigenvalue weighted by atomic mass is 19.4. The van der Waals surface area contributed by atoms with Crippen LogP contribution in [-0.2, 0) is 15.0 Å². The molecule has 5 nitrogen and oxygen atoms in total. The van der Waals surface area contributed by atoms with Crippen molar-refractivity contribution >= 4 is 23.1 Å². The van der Waals surface area contributed by atoms with E-state index in [1.165, 1.54) is 12.1 Å². The molecule has 1 saturated heterocycles. The zero-order valence-electron chi connectivity index (χ0n) is 20.8. The fourth-order valence-corrected chi connectivity index (χ4v) is 4.37. The molecule has 1 heterocycles. The van der Waals surface area contributed by atoms with E-state index < -0.39 is 29.8 Å². The van der Waals surface area contributed by atoms with E-state index in [0.717, 1.165) is 22.6 Å². The molecule has 4 rings (SSSR count). The number of ether oxygens (including phenoxy) is 1. The van der Waals surface area contributed by atoms with Crippen LogP contribution in [0.3, 0.4) is 0 Å². The zero-order chi connectivity index (χ0) is 27.1. The fourth-order valence-electron chi connectivity index (χ4n) is 4.37. The fraction of sp³-hybridized carbons (Fsp3) is 0.241. The van der Waals surface area contributed by atoms with E-state index in [1.54, 1.807) is 43.3 Å². The molecule has 3 aromatic rings. The van der Waals surface area contributed by atoms with Gasteiger partial charge in [-0.15, -0.1) is 13.2 Å². The molecule has 0 saturated carbocycles. The number of benzene rings is 3. The standard InChI is InChI=1S/C29H26F3NO4/c1-17-13-14-19(28(2,3)4)15-22(17)25(34)23-24(18-9-6-5-7-10-18)33(27(36)26(23)35)20-11-8-12-21(16-20)37-29(30,31)32/h5-16,24,34H,1-4H3/b25-23+. The number of carbonyl (C=O) groups is 2. The minimum atomic E-state index is -4.93. The normalized spacial score (nSPS) is 17.8. The molecule has 1 atom stereocenters. The lowest BCUT2D eigenvalue weighted by molar-refractivity contribution is -0.274. The van der Waals surface area contributed by atoms with Crippen LogP contribution in [0.4, 0.5) is 18.9 Å². The van der Waals surface area contributed by atoms with Crippen LogP contribution in [-0.4, -0.2) is 23.2 Å². The monoisotopic (exact) mass is 509 g/mol. The highest BCUT2D eigenvalue weighted by molar-refractivity contribution is 6.51. The van der Waals surface area contributed by atoms with Gasteiger partial charge in [0.05, 0.1) is 11.6 Å². The summed E-state index contributed by atoms with van der Waals surface area (Å²) in [6, 6.07) is 17.9. The van der Waals surface area contributed by atoms with Gasteiger partial charge in [-0.25, -0.2) is 0 Å². The summed E-state index contributed by atoms with van der Waals surface area (Å²) in [7, 11) is 0. The maximum absolute atomic E-state index is 13.4. The van der Waals surface area contributed by atoms with Gasteiger partial charge in [-0.05, 0) is 47.2 Å². The number of amides is 1. The minimum absolute atomic E-state index is 0.0249. The van der Waals surface area contributed by atoms with Gasteiger partial charge >= 0.3 is 6.36 Å². The van der Waals surface area contributed by atoms with Gasteiger partial charge in [0.15, 0.2) is 0 Å². The molecule has 1 fully saturated rings. The third-order valence-corrected chi connectivity index (χ3v) is 6.25. The summed E-state index contributed by atoms with van der Waals surface area (Å²) in [5.41, 5.74) is 2.17. The molecule has 37 heavy (non-hydrogen) atoms.